The molecule has 0 bridgehead atoms. The second-order valence-electron chi connectivity index (χ2n) is 3.16. The average Bonchev–Trinajstić information content (AvgIpc) is 2.23. The Morgan fingerprint density at radius 1 is 1.47 bits per heavy atom. The third-order valence-electron chi connectivity index (χ3n) is 2.04. The molecule has 0 saturated carbocycles. The molecule has 1 N–H and O–H groups in total. The van der Waals surface area contributed by atoms with Gasteiger partial charge in [0.15, 0.2) is 5.84 Å². The lowest BCUT2D eigenvalue weighted by molar-refractivity contribution is -0.131. The minimum Gasteiger partial charge on any atom is -0.381 e. The fraction of sp³-hybridized carbons (Fsp3) is 0.200. The number of amidine groups is 1. The summed E-state index contributed by atoms with van der Waals surface area (Å²) in [4.78, 5) is 16.1. The largest absolute Gasteiger partial charge is 0.381 e. The van der Waals surface area contributed by atoms with Crippen molar-refractivity contribution in [2.75, 3.05) is 0 Å². The van der Waals surface area contributed by atoms with Gasteiger partial charge >= 0.3 is 0 Å². The second-order valence-corrected chi connectivity index (χ2v) is 3.16. The van der Waals surface area contributed by atoms with Crippen molar-refractivity contribution >= 4 is 11.7 Å². The van der Waals surface area contributed by atoms with Gasteiger partial charge in [-0.25, -0.2) is 4.39 Å². The molecule has 1 aliphatic heterocycles. The molecule has 0 aliphatic carbocycles. The zero-order valence-electron chi connectivity index (χ0n) is 8.03. The number of rotatable bonds is 1. The van der Waals surface area contributed by atoms with Crippen LogP contribution in [0.2, 0.25) is 0 Å². The van der Waals surface area contributed by atoms with Gasteiger partial charge in [-0.05, 0) is 19.1 Å². The van der Waals surface area contributed by atoms with Gasteiger partial charge in [0.05, 0.1) is 5.56 Å². The second kappa shape index (κ2) is 3.68. The van der Waals surface area contributed by atoms with Crippen LogP contribution in [0.15, 0.2) is 29.4 Å². The first-order valence-electron chi connectivity index (χ1n) is 4.48. The van der Waals surface area contributed by atoms with Crippen molar-refractivity contribution in [3.8, 4) is 0 Å². The van der Waals surface area contributed by atoms with Gasteiger partial charge in [-0.2, -0.15) is 0 Å². The maximum Gasteiger partial charge on any atom is 0.269 e. The van der Waals surface area contributed by atoms with Crippen LogP contribution in [0.5, 0.6) is 0 Å². The Kier molecular flexibility index (Phi) is 2.37. The van der Waals surface area contributed by atoms with E-state index in [4.69, 9.17) is 4.84 Å². The number of hydrogen-bond acceptors (Lipinski definition) is 3. The van der Waals surface area contributed by atoms with Gasteiger partial charge in [-0.15, -0.1) is 0 Å². The monoisotopic (exact) mass is 208 g/mol. The fourth-order valence-corrected chi connectivity index (χ4v) is 1.19. The van der Waals surface area contributed by atoms with Crippen molar-refractivity contribution in [2.24, 2.45) is 5.16 Å². The van der Waals surface area contributed by atoms with Gasteiger partial charge in [0.1, 0.15) is 5.82 Å². The molecular formula is C10H9FN2O2. The minimum atomic E-state index is -0.638. The topological polar surface area (TPSA) is 50.7 Å². The molecule has 0 spiro atoms. The molecule has 0 radical (unpaired) electrons. The highest BCUT2D eigenvalue weighted by atomic mass is 19.1. The molecule has 1 unspecified atom stereocenters. The van der Waals surface area contributed by atoms with Gasteiger partial charge in [0.2, 0.25) is 6.10 Å². The molecule has 0 aromatic heterocycles. The number of carbonyl (C=O) groups is 1. The van der Waals surface area contributed by atoms with E-state index < -0.39 is 11.9 Å². The molecule has 15 heavy (non-hydrogen) atoms. The van der Waals surface area contributed by atoms with Gasteiger partial charge in [0.25, 0.3) is 5.91 Å². The average molecular weight is 208 g/mol. The Morgan fingerprint density at radius 3 is 2.87 bits per heavy atom. The number of halogens is 1. The Morgan fingerprint density at radius 2 is 2.20 bits per heavy atom. The first kappa shape index (κ1) is 9.64. The standard InChI is InChI=1S/C10H9FN2O2/c1-6-10(14)12-9(13-15-6)7-4-2-3-5-8(7)11/h2-6H,1H3,(H,12,13,14). The molecule has 1 amide bonds. The Labute approximate surface area is 85.7 Å². The van der Waals surface area contributed by atoms with Crippen LogP contribution in [0.1, 0.15) is 12.5 Å². The van der Waals surface area contributed by atoms with Crippen LogP contribution >= 0.6 is 0 Å². The van der Waals surface area contributed by atoms with E-state index in [-0.39, 0.29) is 17.3 Å². The van der Waals surface area contributed by atoms with E-state index in [1.54, 1.807) is 19.1 Å². The van der Waals surface area contributed by atoms with Crippen molar-refractivity contribution in [3.05, 3.63) is 35.6 Å². The van der Waals surface area contributed by atoms with E-state index in [0.717, 1.165) is 0 Å². The van der Waals surface area contributed by atoms with Gasteiger partial charge in [-0.3, -0.25) is 4.79 Å². The fourth-order valence-electron chi connectivity index (χ4n) is 1.19. The third-order valence-corrected chi connectivity index (χ3v) is 2.04. The van der Waals surface area contributed by atoms with Gasteiger partial charge in [-0.1, -0.05) is 17.3 Å². The first-order chi connectivity index (χ1) is 7.18. The van der Waals surface area contributed by atoms with Crippen LogP contribution in [0.3, 0.4) is 0 Å². The minimum absolute atomic E-state index is 0.108. The lowest BCUT2D eigenvalue weighted by Crippen LogP contribution is -2.43. The van der Waals surface area contributed by atoms with Crippen molar-refractivity contribution in [2.45, 2.75) is 13.0 Å². The van der Waals surface area contributed by atoms with Crippen molar-refractivity contribution in [3.63, 3.8) is 0 Å². The Bertz CT molecular complexity index is 431. The van der Waals surface area contributed by atoms with Gasteiger partial charge in [0, 0.05) is 0 Å². The highest BCUT2D eigenvalue weighted by molar-refractivity contribution is 6.09. The third kappa shape index (κ3) is 1.81. The summed E-state index contributed by atoms with van der Waals surface area (Å²) in [6.07, 6.45) is -0.638. The molecule has 1 aromatic rings. The van der Waals surface area contributed by atoms with E-state index in [1.165, 1.54) is 12.1 Å². The van der Waals surface area contributed by atoms with E-state index in [0.29, 0.717) is 0 Å². The molecular weight excluding hydrogens is 199 g/mol. The SMILES string of the molecule is CC1ON=C(c2ccccc2F)NC1=O. The normalized spacial score (nSPS) is 20.3. The lowest BCUT2D eigenvalue weighted by Gasteiger charge is -2.18. The summed E-state index contributed by atoms with van der Waals surface area (Å²) in [6, 6.07) is 6.04. The van der Waals surface area contributed by atoms with E-state index in [9.17, 15) is 9.18 Å². The number of hydrogen-bond donors (Lipinski definition) is 1. The summed E-state index contributed by atoms with van der Waals surface area (Å²) in [6.45, 7) is 1.57. The summed E-state index contributed by atoms with van der Waals surface area (Å²) in [5.74, 6) is -0.672. The zero-order chi connectivity index (χ0) is 10.8. The lowest BCUT2D eigenvalue weighted by atomic mass is 10.2. The van der Waals surface area contributed by atoms with Crippen LogP contribution in [-0.2, 0) is 9.63 Å². The molecule has 2 rings (SSSR count). The smallest absolute Gasteiger partial charge is 0.269 e. The predicted octanol–water partition coefficient (Wildman–Crippen LogP) is 1.02. The maximum atomic E-state index is 13.3. The van der Waals surface area contributed by atoms with Crippen molar-refractivity contribution in [1.82, 2.24) is 5.32 Å². The molecule has 1 heterocycles. The van der Waals surface area contributed by atoms with E-state index in [1.807, 2.05) is 0 Å². The van der Waals surface area contributed by atoms with Crippen LogP contribution in [0.25, 0.3) is 0 Å². The van der Waals surface area contributed by atoms with Crippen LogP contribution in [-0.4, -0.2) is 17.8 Å². The zero-order valence-corrected chi connectivity index (χ0v) is 8.03. The summed E-state index contributed by atoms with van der Waals surface area (Å²) < 4.78 is 13.3. The highest BCUT2D eigenvalue weighted by Crippen LogP contribution is 2.10. The quantitative estimate of drug-likeness (QED) is 0.749. The number of nitrogens with zero attached hydrogens (tertiary/aromatic N) is 1. The summed E-state index contributed by atoms with van der Waals surface area (Å²) in [5, 5.41) is 6.11. The Hall–Kier alpha value is -1.91. The Balaban J connectivity index is 2.33. The predicted molar refractivity (Wildman–Crippen MR) is 51.6 cm³/mol. The molecule has 4 nitrogen and oxygen atoms in total. The van der Waals surface area contributed by atoms with Crippen LogP contribution in [0.4, 0.5) is 4.39 Å². The highest BCUT2D eigenvalue weighted by Gasteiger charge is 2.23. The first-order valence-corrected chi connectivity index (χ1v) is 4.48. The van der Waals surface area contributed by atoms with Gasteiger partial charge < -0.3 is 10.2 Å². The molecule has 1 atom stereocenters. The number of amides is 1. The van der Waals surface area contributed by atoms with Crippen LogP contribution < -0.4 is 5.32 Å². The molecule has 1 aromatic carbocycles. The number of benzene rings is 1. The van der Waals surface area contributed by atoms with Crippen molar-refractivity contribution in [1.29, 1.82) is 0 Å². The number of carbonyl (C=O) groups excluding carboxylic acids is 1. The number of nitrogens with one attached hydrogen (secondary N) is 1. The molecule has 0 fully saturated rings. The van der Waals surface area contributed by atoms with Crippen molar-refractivity contribution < 1.29 is 14.0 Å². The van der Waals surface area contributed by atoms with Crippen LogP contribution in [0, 0.1) is 5.82 Å². The summed E-state index contributed by atoms with van der Waals surface area (Å²) in [7, 11) is 0. The molecule has 0 saturated heterocycles. The molecule has 78 valence electrons. The maximum absolute atomic E-state index is 13.3. The molecule has 1 aliphatic rings. The molecule has 5 heteroatoms. The number of oxime groups is 1. The summed E-state index contributed by atoms with van der Waals surface area (Å²) >= 11 is 0. The van der Waals surface area contributed by atoms with E-state index >= 15 is 0 Å². The van der Waals surface area contributed by atoms with E-state index in [2.05, 4.69) is 10.5 Å². The summed E-state index contributed by atoms with van der Waals surface area (Å²) in [5.41, 5.74) is 0.220.